The van der Waals surface area contributed by atoms with Crippen molar-refractivity contribution in [2.75, 3.05) is 5.32 Å². The molecule has 0 radical (unpaired) electrons. The molecule has 4 heteroatoms. The molecule has 4 nitrogen and oxygen atoms in total. The van der Waals surface area contributed by atoms with Crippen LogP contribution in [0.25, 0.3) is 11.3 Å². The highest BCUT2D eigenvalue weighted by atomic mass is 16.5. The summed E-state index contributed by atoms with van der Waals surface area (Å²) < 4.78 is 5.73. The van der Waals surface area contributed by atoms with Gasteiger partial charge in [0.25, 0.3) is 0 Å². The summed E-state index contributed by atoms with van der Waals surface area (Å²) in [6.07, 6.45) is 0. The van der Waals surface area contributed by atoms with E-state index in [1.807, 2.05) is 24.3 Å². The average Bonchev–Trinajstić information content (AvgIpc) is 2.72. The van der Waals surface area contributed by atoms with Gasteiger partial charge in [-0.15, -0.1) is 0 Å². The molecular formula is C13H15N3O. The molecule has 0 spiro atoms. The van der Waals surface area contributed by atoms with Crippen molar-refractivity contribution < 1.29 is 4.74 Å². The van der Waals surface area contributed by atoms with Crippen LogP contribution in [0.4, 0.5) is 5.82 Å². The lowest BCUT2D eigenvalue weighted by atomic mass is 10.0. The minimum Gasteiger partial charge on any atom is -0.488 e. The molecular weight excluding hydrogens is 214 g/mol. The van der Waals surface area contributed by atoms with Gasteiger partial charge in [-0.3, -0.25) is 5.10 Å². The lowest BCUT2D eigenvalue weighted by molar-refractivity contribution is 0.303. The summed E-state index contributed by atoms with van der Waals surface area (Å²) in [4.78, 5) is 0. The molecule has 3 rings (SSSR count). The van der Waals surface area contributed by atoms with Crippen molar-refractivity contribution in [3.8, 4) is 17.0 Å². The third-order valence-electron chi connectivity index (χ3n) is 2.82. The van der Waals surface area contributed by atoms with Crippen molar-refractivity contribution >= 4 is 5.82 Å². The number of nitrogens with one attached hydrogen (secondary N) is 2. The Labute approximate surface area is 100 Å². The first-order valence-electron chi connectivity index (χ1n) is 5.81. The van der Waals surface area contributed by atoms with Gasteiger partial charge in [0.05, 0.1) is 11.3 Å². The number of nitrogens with zero attached hydrogens (tertiary/aromatic N) is 1. The van der Waals surface area contributed by atoms with Gasteiger partial charge in [0.2, 0.25) is 0 Å². The number of benzene rings is 1. The van der Waals surface area contributed by atoms with Gasteiger partial charge in [-0.25, -0.2) is 0 Å². The molecule has 0 saturated carbocycles. The highest BCUT2D eigenvalue weighted by Crippen LogP contribution is 2.38. The highest BCUT2D eigenvalue weighted by Gasteiger charge is 2.22. The van der Waals surface area contributed by atoms with Crippen LogP contribution in [0.3, 0.4) is 0 Å². The van der Waals surface area contributed by atoms with Gasteiger partial charge in [0, 0.05) is 11.6 Å². The Kier molecular flexibility index (Phi) is 2.28. The molecule has 17 heavy (non-hydrogen) atoms. The number of anilines is 1. The molecule has 0 bridgehead atoms. The molecule has 1 aliphatic heterocycles. The number of aromatic amines is 1. The molecule has 1 aliphatic rings. The van der Waals surface area contributed by atoms with Crippen LogP contribution in [-0.2, 0) is 6.61 Å². The number of aromatic nitrogens is 2. The first kappa shape index (κ1) is 10.2. The van der Waals surface area contributed by atoms with Crippen LogP contribution in [-0.4, -0.2) is 16.2 Å². The molecule has 0 unspecified atom stereocenters. The monoisotopic (exact) mass is 229 g/mol. The summed E-state index contributed by atoms with van der Waals surface area (Å²) in [6, 6.07) is 8.38. The first-order valence-corrected chi connectivity index (χ1v) is 5.81. The fourth-order valence-electron chi connectivity index (χ4n) is 2.07. The summed E-state index contributed by atoms with van der Waals surface area (Å²) in [7, 11) is 0. The van der Waals surface area contributed by atoms with Gasteiger partial charge < -0.3 is 10.1 Å². The maximum absolute atomic E-state index is 5.73. The molecule has 0 aliphatic carbocycles. The van der Waals surface area contributed by atoms with E-state index >= 15 is 0 Å². The zero-order valence-corrected chi connectivity index (χ0v) is 9.95. The second-order valence-electron chi connectivity index (χ2n) is 4.51. The topological polar surface area (TPSA) is 49.9 Å². The molecule has 2 aromatic rings. The number of hydrogen-bond acceptors (Lipinski definition) is 3. The predicted octanol–water partition coefficient (Wildman–Crippen LogP) is 2.79. The van der Waals surface area contributed by atoms with E-state index in [2.05, 4.69) is 29.4 Å². The van der Waals surface area contributed by atoms with Gasteiger partial charge >= 0.3 is 0 Å². The lowest BCUT2D eigenvalue weighted by Gasteiger charge is -2.18. The minimum atomic E-state index is 0.361. The zero-order chi connectivity index (χ0) is 11.8. The molecule has 1 aromatic heterocycles. The van der Waals surface area contributed by atoms with E-state index in [0.29, 0.717) is 12.6 Å². The van der Waals surface area contributed by atoms with Crippen molar-refractivity contribution in [2.45, 2.75) is 26.5 Å². The minimum absolute atomic E-state index is 0.361. The van der Waals surface area contributed by atoms with E-state index in [-0.39, 0.29) is 0 Å². The quantitative estimate of drug-likeness (QED) is 0.832. The van der Waals surface area contributed by atoms with Crippen LogP contribution in [0.1, 0.15) is 19.4 Å². The fraction of sp³-hybridized carbons (Fsp3) is 0.308. The highest BCUT2D eigenvalue weighted by molar-refractivity contribution is 5.75. The van der Waals surface area contributed by atoms with Crippen LogP contribution in [0, 0.1) is 0 Å². The van der Waals surface area contributed by atoms with E-state index in [0.717, 1.165) is 28.4 Å². The van der Waals surface area contributed by atoms with Gasteiger partial charge in [-0.1, -0.05) is 12.1 Å². The third-order valence-corrected chi connectivity index (χ3v) is 2.82. The SMILES string of the molecule is CC(C)Nc1n[nH]c2c1COc1ccccc1-2. The van der Waals surface area contributed by atoms with Crippen LogP contribution in [0.15, 0.2) is 24.3 Å². The fourth-order valence-corrected chi connectivity index (χ4v) is 2.07. The zero-order valence-electron chi connectivity index (χ0n) is 9.95. The second kappa shape index (κ2) is 3.80. The second-order valence-corrected chi connectivity index (χ2v) is 4.51. The number of fused-ring (bicyclic) bond motifs is 3. The summed E-state index contributed by atoms with van der Waals surface area (Å²) in [5.74, 6) is 1.81. The molecule has 0 amide bonds. The largest absolute Gasteiger partial charge is 0.488 e. The van der Waals surface area contributed by atoms with Crippen LogP contribution >= 0.6 is 0 Å². The molecule has 2 N–H and O–H groups in total. The Hall–Kier alpha value is -1.97. The maximum atomic E-state index is 5.73. The molecule has 0 saturated heterocycles. The van der Waals surface area contributed by atoms with Crippen molar-refractivity contribution in [1.82, 2.24) is 10.2 Å². The molecule has 2 heterocycles. The number of hydrogen-bond donors (Lipinski definition) is 2. The number of rotatable bonds is 2. The number of ether oxygens (including phenoxy) is 1. The summed E-state index contributed by atoms with van der Waals surface area (Å²) in [5, 5.41) is 10.7. The van der Waals surface area contributed by atoms with Crippen molar-refractivity contribution in [1.29, 1.82) is 0 Å². The van der Waals surface area contributed by atoms with Gasteiger partial charge in [0.15, 0.2) is 5.82 Å². The Morgan fingerprint density at radius 2 is 2.18 bits per heavy atom. The predicted molar refractivity (Wildman–Crippen MR) is 67.1 cm³/mol. The van der Waals surface area contributed by atoms with E-state index in [4.69, 9.17) is 4.74 Å². The Morgan fingerprint density at radius 1 is 1.35 bits per heavy atom. The Balaban J connectivity index is 2.07. The summed E-state index contributed by atoms with van der Waals surface area (Å²) in [6.45, 7) is 4.76. The van der Waals surface area contributed by atoms with Crippen LogP contribution < -0.4 is 10.1 Å². The molecule has 1 aromatic carbocycles. The van der Waals surface area contributed by atoms with Crippen LogP contribution in [0.2, 0.25) is 0 Å². The van der Waals surface area contributed by atoms with E-state index in [1.165, 1.54) is 0 Å². The number of H-pyrrole nitrogens is 1. The summed E-state index contributed by atoms with van der Waals surface area (Å²) in [5.41, 5.74) is 3.26. The standard InChI is InChI=1S/C13H15N3O/c1-8(2)14-13-10-7-17-11-6-4-3-5-9(11)12(10)15-16-13/h3-6,8H,7H2,1-2H3,(H2,14,15,16). The van der Waals surface area contributed by atoms with E-state index in [9.17, 15) is 0 Å². The summed E-state index contributed by atoms with van der Waals surface area (Å²) >= 11 is 0. The van der Waals surface area contributed by atoms with Gasteiger partial charge in [-0.05, 0) is 26.0 Å². The first-order chi connectivity index (χ1) is 8.25. The third kappa shape index (κ3) is 1.65. The smallest absolute Gasteiger partial charge is 0.155 e. The number of para-hydroxylation sites is 1. The van der Waals surface area contributed by atoms with E-state index in [1.54, 1.807) is 0 Å². The van der Waals surface area contributed by atoms with Crippen molar-refractivity contribution in [3.05, 3.63) is 29.8 Å². The molecule has 88 valence electrons. The molecule has 0 atom stereocenters. The van der Waals surface area contributed by atoms with Gasteiger partial charge in [-0.2, -0.15) is 5.10 Å². The van der Waals surface area contributed by atoms with Gasteiger partial charge in [0.1, 0.15) is 12.4 Å². The van der Waals surface area contributed by atoms with Crippen LogP contribution in [0.5, 0.6) is 5.75 Å². The lowest BCUT2D eigenvalue weighted by Crippen LogP contribution is -2.13. The Morgan fingerprint density at radius 3 is 3.00 bits per heavy atom. The molecule has 0 fully saturated rings. The van der Waals surface area contributed by atoms with Crippen molar-refractivity contribution in [3.63, 3.8) is 0 Å². The normalized spacial score (nSPS) is 12.9. The Bertz CT molecular complexity index is 545. The maximum Gasteiger partial charge on any atom is 0.155 e. The van der Waals surface area contributed by atoms with Crippen molar-refractivity contribution in [2.24, 2.45) is 0 Å². The van der Waals surface area contributed by atoms with E-state index < -0.39 is 0 Å². The average molecular weight is 229 g/mol.